The molecule has 0 aromatic rings. The lowest BCUT2D eigenvalue weighted by Gasteiger charge is -2.04. The lowest BCUT2D eigenvalue weighted by Crippen LogP contribution is -2.10. The molecule has 0 fully saturated rings. The van der Waals surface area contributed by atoms with E-state index in [0.29, 0.717) is 0 Å². The Morgan fingerprint density at radius 2 is 2.00 bits per heavy atom. The molecule has 0 amide bonds. The average molecular weight is 172 g/mol. The van der Waals surface area contributed by atoms with Crippen molar-refractivity contribution < 1.29 is 27.8 Å². The van der Waals surface area contributed by atoms with Gasteiger partial charge in [0.2, 0.25) is 0 Å². The van der Waals surface area contributed by atoms with Crippen LogP contribution < -0.4 is 0 Å². The van der Waals surface area contributed by atoms with Gasteiger partial charge in [0.1, 0.15) is 0 Å². The fourth-order valence-electron chi connectivity index (χ4n) is 0.432. The number of halogens is 3. The molecule has 1 N–H and O–H groups in total. The number of hydrogen-bond donors (Lipinski definition) is 1. The molecule has 66 valence electrons. The van der Waals surface area contributed by atoms with E-state index in [9.17, 15) is 18.0 Å². The maximum Gasteiger partial charge on any atom is 0.505 e. The fourth-order valence-corrected chi connectivity index (χ4v) is 0.432. The highest BCUT2D eigenvalue weighted by atomic mass is 19.4. The van der Waals surface area contributed by atoms with E-state index in [-0.39, 0.29) is 6.42 Å². The molecular formula is C5H7F3O3. The zero-order valence-corrected chi connectivity index (χ0v) is 5.52. The van der Waals surface area contributed by atoms with Gasteiger partial charge < -0.3 is 9.84 Å². The average Bonchev–Trinajstić information content (AvgIpc) is 1.78. The second-order valence-corrected chi connectivity index (χ2v) is 1.83. The lowest BCUT2D eigenvalue weighted by atomic mass is 10.3. The highest BCUT2D eigenvalue weighted by Crippen LogP contribution is 2.20. The molecule has 0 saturated heterocycles. The number of hydrogen-bond acceptors (Lipinski definition) is 2. The summed E-state index contributed by atoms with van der Waals surface area (Å²) in [5.74, 6) is 0. The van der Waals surface area contributed by atoms with Gasteiger partial charge in [0, 0.05) is 6.42 Å². The van der Waals surface area contributed by atoms with Gasteiger partial charge in [0.05, 0.1) is 6.61 Å². The topological polar surface area (TPSA) is 46.5 Å². The largest absolute Gasteiger partial charge is 0.505 e. The van der Waals surface area contributed by atoms with Gasteiger partial charge in [-0.1, -0.05) is 0 Å². The predicted octanol–water partition coefficient (Wildman–Crippen LogP) is 2.02. The molecule has 0 aliphatic heterocycles. The van der Waals surface area contributed by atoms with Gasteiger partial charge in [0.25, 0.3) is 0 Å². The zero-order valence-electron chi connectivity index (χ0n) is 5.52. The Morgan fingerprint density at radius 1 is 1.45 bits per heavy atom. The first-order valence-electron chi connectivity index (χ1n) is 2.84. The first-order chi connectivity index (χ1) is 4.92. The second-order valence-electron chi connectivity index (χ2n) is 1.83. The molecule has 3 nitrogen and oxygen atoms in total. The Bertz CT molecular complexity index is 131. The van der Waals surface area contributed by atoms with Crippen LogP contribution in [0.2, 0.25) is 0 Å². The summed E-state index contributed by atoms with van der Waals surface area (Å²) in [6.07, 6.45) is -7.12. The molecule has 0 heterocycles. The standard InChI is InChI=1S/C5H7F3O3/c6-5(7,8)2-1-3-11-4(9)10/h1-3H2,(H,9,10). The molecule has 6 heteroatoms. The van der Waals surface area contributed by atoms with Gasteiger partial charge in [0.15, 0.2) is 0 Å². The number of ether oxygens (including phenoxy) is 1. The van der Waals surface area contributed by atoms with E-state index in [1.807, 2.05) is 0 Å². The summed E-state index contributed by atoms with van der Waals surface area (Å²) in [4.78, 5) is 9.62. The van der Waals surface area contributed by atoms with Crippen LogP contribution in [-0.2, 0) is 4.74 Å². The summed E-state index contributed by atoms with van der Waals surface area (Å²) >= 11 is 0. The quantitative estimate of drug-likeness (QED) is 0.523. The molecule has 0 saturated carbocycles. The Hall–Kier alpha value is -0.940. The van der Waals surface area contributed by atoms with Crippen LogP contribution in [0.3, 0.4) is 0 Å². The smallest absolute Gasteiger partial charge is 0.450 e. The van der Waals surface area contributed by atoms with Crippen LogP contribution in [-0.4, -0.2) is 24.0 Å². The highest BCUT2D eigenvalue weighted by Gasteiger charge is 2.26. The third-order valence-electron chi connectivity index (χ3n) is 0.830. The summed E-state index contributed by atoms with van der Waals surface area (Å²) in [7, 11) is 0. The zero-order chi connectivity index (χ0) is 8.91. The summed E-state index contributed by atoms with van der Waals surface area (Å²) in [6, 6.07) is 0. The molecule has 0 aromatic heterocycles. The molecule has 0 rings (SSSR count). The maximum absolute atomic E-state index is 11.4. The highest BCUT2D eigenvalue weighted by molar-refractivity contribution is 5.56. The molecule has 0 aromatic carbocycles. The molecule has 0 atom stereocenters. The van der Waals surface area contributed by atoms with Crippen molar-refractivity contribution in [1.82, 2.24) is 0 Å². The fraction of sp³-hybridized carbons (Fsp3) is 0.800. The second kappa shape index (κ2) is 4.05. The van der Waals surface area contributed by atoms with Gasteiger partial charge in [-0.2, -0.15) is 13.2 Å². The Labute approximate surface area is 60.8 Å². The molecule has 0 spiro atoms. The summed E-state index contributed by atoms with van der Waals surface area (Å²) in [5, 5.41) is 7.84. The third kappa shape index (κ3) is 9.06. The Morgan fingerprint density at radius 3 is 2.36 bits per heavy atom. The van der Waals surface area contributed by atoms with E-state index in [0.717, 1.165) is 0 Å². The van der Waals surface area contributed by atoms with Crippen molar-refractivity contribution >= 4 is 6.16 Å². The van der Waals surface area contributed by atoms with E-state index in [1.165, 1.54) is 0 Å². The number of alkyl halides is 3. The van der Waals surface area contributed by atoms with Crippen molar-refractivity contribution in [3.8, 4) is 0 Å². The van der Waals surface area contributed by atoms with E-state index in [4.69, 9.17) is 5.11 Å². The normalized spacial score (nSPS) is 11.2. The maximum atomic E-state index is 11.4. The van der Waals surface area contributed by atoms with Gasteiger partial charge in [-0.25, -0.2) is 4.79 Å². The van der Waals surface area contributed by atoms with Gasteiger partial charge in [-0.3, -0.25) is 0 Å². The molecular weight excluding hydrogens is 165 g/mol. The van der Waals surface area contributed by atoms with Gasteiger partial charge >= 0.3 is 12.3 Å². The van der Waals surface area contributed by atoms with Crippen molar-refractivity contribution in [3.05, 3.63) is 0 Å². The SMILES string of the molecule is O=C(O)OCCCC(F)(F)F. The summed E-state index contributed by atoms with van der Waals surface area (Å²) in [6.45, 7) is -0.408. The van der Waals surface area contributed by atoms with E-state index in [2.05, 4.69) is 4.74 Å². The van der Waals surface area contributed by atoms with Crippen molar-refractivity contribution in [2.45, 2.75) is 19.0 Å². The van der Waals surface area contributed by atoms with Crippen LogP contribution in [0.25, 0.3) is 0 Å². The predicted molar refractivity (Wildman–Crippen MR) is 29.3 cm³/mol. The molecule has 0 aliphatic carbocycles. The Balaban J connectivity index is 3.22. The first-order valence-corrected chi connectivity index (χ1v) is 2.84. The van der Waals surface area contributed by atoms with Crippen LogP contribution in [0.4, 0.5) is 18.0 Å². The van der Waals surface area contributed by atoms with Crippen molar-refractivity contribution in [2.24, 2.45) is 0 Å². The molecule has 0 unspecified atom stereocenters. The van der Waals surface area contributed by atoms with Gasteiger partial charge in [-0.05, 0) is 6.42 Å². The van der Waals surface area contributed by atoms with Crippen LogP contribution in [0, 0.1) is 0 Å². The van der Waals surface area contributed by atoms with Crippen molar-refractivity contribution in [1.29, 1.82) is 0 Å². The van der Waals surface area contributed by atoms with E-state index >= 15 is 0 Å². The van der Waals surface area contributed by atoms with Crippen LogP contribution in [0.5, 0.6) is 0 Å². The van der Waals surface area contributed by atoms with Crippen LogP contribution >= 0.6 is 0 Å². The molecule has 0 radical (unpaired) electrons. The minimum Gasteiger partial charge on any atom is -0.450 e. The minimum atomic E-state index is -4.23. The van der Waals surface area contributed by atoms with Crippen molar-refractivity contribution in [3.63, 3.8) is 0 Å². The number of carboxylic acid groups (broad SMARTS) is 1. The molecule has 0 bridgehead atoms. The Kier molecular flexibility index (Phi) is 3.70. The van der Waals surface area contributed by atoms with Crippen LogP contribution in [0.15, 0.2) is 0 Å². The van der Waals surface area contributed by atoms with E-state index in [1.54, 1.807) is 0 Å². The summed E-state index contributed by atoms with van der Waals surface area (Å²) in [5.41, 5.74) is 0. The number of carbonyl (C=O) groups is 1. The van der Waals surface area contributed by atoms with Gasteiger partial charge in [-0.15, -0.1) is 0 Å². The lowest BCUT2D eigenvalue weighted by molar-refractivity contribution is -0.137. The van der Waals surface area contributed by atoms with E-state index < -0.39 is 25.4 Å². The third-order valence-corrected chi connectivity index (χ3v) is 0.830. The molecule has 0 aliphatic rings. The minimum absolute atomic E-state index is 0.324. The molecule has 11 heavy (non-hydrogen) atoms. The van der Waals surface area contributed by atoms with Crippen LogP contribution in [0.1, 0.15) is 12.8 Å². The van der Waals surface area contributed by atoms with Crippen molar-refractivity contribution in [2.75, 3.05) is 6.61 Å². The first kappa shape index (κ1) is 10.1. The monoisotopic (exact) mass is 172 g/mol. The number of rotatable bonds is 3. The summed E-state index contributed by atoms with van der Waals surface area (Å²) < 4.78 is 38.0.